The Bertz CT molecular complexity index is 903. The van der Waals surface area contributed by atoms with Crippen LogP contribution < -0.4 is 10.9 Å². The van der Waals surface area contributed by atoms with Crippen LogP contribution in [0.4, 0.5) is 5.13 Å². The van der Waals surface area contributed by atoms with Gasteiger partial charge in [-0.25, -0.2) is 0 Å². The first-order chi connectivity index (χ1) is 10.6. The summed E-state index contributed by atoms with van der Waals surface area (Å²) in [5.74, 6) is -0.400. The molecule has 3 aromatic rings. The number of aromatic nitrogens is 5. The maximum Gasteiger partial charge on any atom is 0.278 e. The molecule has 0 fully saturated rings. The maximum absolute atomic E-state index is 12.4. The van der Waals surface area contributed by atoms with Crippen LogP contribution in [0.25, 0.3) is 10.9 Å². The molecule has 1 N–H and O–H groups in total. The van der Waals surface area contributed by atoms with Crippen molar-refractivity contribution in [1.82, 2.24) is 25.2 Å². The number of amides is 1. The van der Waals surface area contributed by atoms with Crippen LogP contribution in [0.2, 0.25) is 0 Å². The fourth-order valence-corrected chi connectivity index (χ4v) is 2.52. The van der Waals surface area contributed by atoms with Gasteiger partial charge >= 0.3 is 0 Å². The minimum absolute atomic E-state index is 0.360. The number of hydrogen-bond donors (Lipinski definition) is 1. The average Bonchev–Trinajstić information content (AvgIpc) is 2.92. The molecule has 0 aliphatic carbocycles. The zero-order chi connectivity index (χ0) is 15.7. The lowest BCUT2D eigenvalue weighted by Crippen LogP contribution is -2.34. The molecule has 0 bridgehead atoms. The molecule has 2 aromatic heterocycles. The standard InChI is InChI=1S/C13H12N6O2S/c1-7(11(20)14-13-17-15-8(2)22-13)19-12(21)9-5-3-4-6-10(9)16-18-19/h3-7H,1-2H3,(H,14,17,20)/t7-/m0/s1. The molecule has 9 heteroatoms. The predicted molar refractivity (Wildman–Crippen MR) is 81.8 cm³/mol. The molecule has 0 radical (unpaired) electrons. The van der Waals surface area contributed by atoms with Crippen LogP contribution in [0.3, 0.4) is 0 Å². The highest BCUT2D eigenvalue weighted by molar-refractivity contribution is 7.15. The van der Waals surface area contributed by atoms with E-state index >= 15 is 0 Å². The lowest BCUT2D eigenvalue weighted by Gasteiger charge is -2.12. The number of nitrogens with zero attached hydrogens (tertiary/aromatic N) is 5. The van der Waals surface area contributed by atoms with E-state index in [-0.39, 0.29) is 5.56 Å². The molecule has 2 heterocycles. The SMILES string of the molecule is Cc1nnc(NC(=O)[C@H](C)n2nnc3ccccc3c2=O)s1. The highest BCUT2D eigenvalue weighted by Crippen LogP contribution is 2.15. The van der Waals surface area contributed by atoms with E-state index < -0.39 is 11.9 Å². The van der Waals surface area contributed by atoms with E-state index in [0.717, 1.165) is 9.69 Å². The van der Waals surface area contributed by atoms with Gasteiger partial charge in [0.1, 0.15) is 16.6 Å². The van der Waals surface area contributed by atoms with Gasteiger partial charge < -0.3 is 0 Å². The van der Waals surface area contributed by atoms with E-state index in [0.29, 0.717) is 16.0 Å². The number of anilines is 1. The van der Waals surface area contributed by atoms with Gasteiger partial charge in [0, 0.05) is 0 Å². The Hall–Kier alpha value is -2.68. The maximum atomic E-state index is 12.4. The predicted octanol–water partition coefficient (Wildman–Crippen LogP) is 1.15. The third kappa shape index (κ3) is 2.58. The molecule has 0 aliphatic rings. The molecule has 0 spiro atoms. The van der Waals surface area contributed by atoms with E-state index in [1.54, 1.807) is 38.1 Å². The number of carbonyl (C=O) groups is 1. The Morgan fingerprint density at radius 3 is 2.77 bits per heavy atom. The Balaban J connectivity index is 1.91. The van der Waals surface area contributed by atoms with E-state index in [9.17, 15) is 9.59 Å². The average molecular weight is 316 g/mol. The topological polar surface area (TPSA) is 103 Å². The molecule has 22 heavy (non-hydrogen) atoms. The highest BCUT2D eigenvalue weighted by atomic mass is 32.1. The second-order valence-corrected chi connectivity index (χ2v) is 5.83. The van der Waals surface area contributed by atoms with Crippen molar-refractivity contribution < 1.29 is 4.79 Å². The Labute approximate surface area is 128 Å². The van der Waals surface area contributed by atoms with Gasteiger partial charge in [0.2, 0.25) is 5.13 Å². The Kier molecular flexibility index (Phi) is 3.63. The molecule has 112 valence electrons. The Morgan fingerprint density at radius 1 is 1.27 bits per heavy atom. The Morgan fingerprint density at radius 2 is 2.05 bits per heavy atom. The first-order valence-electron chi connectivity index (χ1n) is 6.51. The molecule has 8 nitrogen and oxygen atoms in total. The van der Waals surface area contributed by atoms with Crippen molar-refractivity contribution in [3.05, 3.63) is 39.6 Å². The van der Waals surface area contributed by atoms with Gasteiger partial charge in [0.05, 0.1) is 5.39 Å². The van der Waals surface area contributed by atoms with E-state index in [1.165, 1.54) is 11.3 Å². The third-order valence-electron chi connectivity index (χ3n) is 3.09. The largest absolute Gasteiger partial charge is 0.299 e. The molecule has 0 saturated heterocycles. The molecule has 0 unspecified atom stereocenters. The number of carbonyl (C=O) groups excluding carboxylic acids is 1. The van der Waals surface area contributed by atoms with Crippen LogP contribution in [-0.4, -0.2) is 31.1 Å². The first kappa shape index (κ1) is 14.3. The van der Waals surface area contributed by atoms with Crippen molar-refractivity contribution in [3.8, 4) is 0 Å². The van der Waals surface area contributed by atoms with Gasteiger partial charge in [-0.2, -0.15) is 4.68 Å². The fourth-order valence-electron chi connectivity index (χ4n) is 1.92. The minimum atomic E-state index is -0.811. The summed E-state index contributed by atoms with van der Waals surface area (Å²) in [6.45, 7) is 3.37. The second kappa shape index (κ2) is 5.60. The molecule has 1 amide bonds. The van der Waals surface area contributed by atoms with Gasteiger partial charge in [-0.1, -0.05) is 28.7 Å². The van der Waals surface area contributed by atoms with Gasteiger partial charge in [-0.15, -0.1) is 15.3 Å². The first-order valence-corrected chi connectivity index (χ1v) is 7.33. The summed E-state index contributed by atoms with van der Waals surface area (Å²) in [5.41, 5.74) is 0.137. The number of rotatable bonds is 3. The van der Waals surface area contributed by atoms with Crippen molar-refractivity contribution >= 4 is 33.3 Å². The van der Waals surface area contributed by atoms with Crippen LogP contribution in [0.5, 0.6) is 0 Å². The molecule has 3 rings (SSSR count). The van der Waals surface area contributed by atoms with Crippen molar-refractivity contribution in [3.63, 3.8) is 0 Å². The van der Waals surface area contributed by atoms with Crippen molar-refractivity contribution in [1.29, 1.82) is 0 Å². The van der Waals surface area contributed by atoms with E-state index in [2.05, 4.69) is 25.8 Å². The third-order valence-corrected chi connectivity index (χ3v) is 3.85. The number of fused-ring (bicyclic) bond motifs is 1. The molecule has 0 aliphatic heterocycles. The summed E-state index contributed by atoms with van der Waals surface area (Å²) >= 11 is 1.26. The van der Waals surface area contributed by atoms with Crippen LogP contribution in [0, 0.1) is 6.92 Å². The summed E-state index contributed by atoms with van der Waals surface area (Å²) < 4.78 is 1.06. The number of nitrogens with one attached hydrogen (secondary N) is 1. The van der Waals surface area contributed by atoms with Gasteiger partial charge in [0.25, 0.3) is 11.5 Å². The quantitative estimate of drug-likeness (QED) is 0.777. The van der Waals surface area contributed by atoms with Crippen molar-refractivity contribution in [2.45, 2.75) is 19.9 Å². The fraction of sp³-hybridized carbons (Fsp3) is 0.231. The lowest BCUT2D eigenvalue weighted by molar-refractivity contribution is -0.119. The van der Waals surface area contributed by atoms with Gasteiger partial charge in [-0.3, -0.25) is 14.9 Å². The minimum Gasteiger partial charge on any atom is -0.299 e. The smallest absolute Gasteiger partial charge is 0.278 e. The summed E-state index contributed by atoms with van der Waals surface area (Å²) in [6, 6.07) is 6.05. The summed E-state index contributed by atoms with van der Waals surface area (Å²) in [7, 11) is 0. The number of aryl methyl sites for hydroxylation is 1. The van der Waals surface area contributed by atoms with Crippen LogP contribution >= 0.6 is 11.3 Å². The van der Waals surface area contributed by atoms with E-state index in [1.807, 2.05) is 0 Å². The molecule has 1 atom stereocenters. The lowest BCUT2D eigenvalue weighted by atomic mass is 10.2. The van der Waals surface area contributed by atoms with Gasteiger partial charge in [-0.05, 0) is 26.0 Å². The van der Waals surface area contributed by atoms with Crippen LogP contribution in [-0.2, 0) is 4.79 Å². The second-order valence-electron chi connectivity index (χ2n) is 4.65. The molecule has 0 saturated carbocycles. The molecular weight excluding hydrogens is 304 g/mol. The summed E-state index contributed by atoms with van der Waals surface area (Å²) in [5, 5.41) is 19.6. The molecular formula is C13H12N6O2S. The van der Waals surface area contributed by atoms with Gasteiger partial charge in [0.15, 0.2) is 0 Å². The monoisotopic (exact) mass is 316 g/mol. The van der Waals surface area contributed by atoms with Crippen molar-refractivity contribution in [2.75, 3.05) is 5.32 Å². The zero-order valence-corrected chi connectivity index (χ0v) is 12.7. The molecule has 1 aromatic carbocycles. The summed E-state index contributed by atoms with van der Waals surface area (Å²) in [4.78, 5) is 24.6. The van der Waals surface area contributed by atoms with Crippen LogP contribution in [0.1, 0.15) is 18.0 Å². The zero-order valence-electron chi connectivity index (χ0n) is 11.8. The summed E-state index contributed by atoms with van der Waals surface area (Å²) in [6.07, 6.45) is 0. The highest BCUT2D eigenvalue weighted by Gasteiger charge is 2.20. The number of hydrogen-bond acceptors (Lipinski definition) is 7. The van der Waals surface area contributed by atoms with Crippen LogP contribution in [0.15, 0.2) is 29.1 Å². The normalized spacial score (nSPS) is 12.3. The number of benzene rings is 1. The van der Waals surface area contributed by atoms with Crippen molar-refractivity contribution in [2.24, 2.45) is 0 Å². The van der Waals surface area contributed by atoms with E-state index in [4.69, 9.17) is 0 Å².